The second-order valence-electron chi connectivity index (χ2n) is 5.54. The molecule has 2 heterocycles. The van der Waals surface area contributed by atoms with Crippen molar-refractivity contribution < 1.29 is 4.79 Å². The molecule has 122 valence electrons. The third-order valence-electron chi connectivity index (χ3n) is 3.82. The summed E-state index contributed by atoms with van der Waals surface area (Å²) in [4.78, 5) is 12.5. The van der Waals surface area contributed by atoms with E-state index in [1.165, 1.54) is 0 Å². The molecule has 1 amide bonds. The van der Waals surface area contributed by atoms with Crippen molar-refractivity contribution in [2.75, 3.05) is 18.1 Å². The van der Waals surface area contributed by atoms with Gasteiger partial charge in [-0.2, -0.15) is 23.1 Å². The predicted molar refractivity (Wildman–Crippen MR) is 99.5 cm³/mol. The third-order valence-corrected chi connectivity index (χ3v) is 5.90. The third kappa shape index (κ3) is 4.73. The highest BCUT2D eigenvalue weighted by molar-refractivity contribution is 7.99. The Labute approximate surface area is 149 Å². The van der Waals surface area contributed by atoms with Gasteiger partial charge in [0.1, 0.15) is 0 Å². The lowest BCUT2D eigenvalue weighted by Gasteiger charge is -2.24. The minimum atomic E-state index is -0.123. The number of carbonyl (C=O) groups excluding carboxylic acids is 1. The summed E-state index contributed by atoms with van der Waals surface area (Å²) in [5.74, 6) is 2.20. The first kappa shape index (κ1) is 16.8. The number of benzene rings is 1. The number of halogens is 1. The largest absolute Gasteiger partial charge is 0.345 e. The van der Waals surface area contributed by atoms with Gasteiger partial charge in [0, 0.05) is 35.5 Å². The van der Waals surface area contributed by atoms with E-state index in [9.17, 15) is 4.79 Å². The standard InChI is InChI=1S/C17H19ClN2OS2/c18-14-3-1-12(2-4-14)17(13-5-7-22-10-13)20-16(21)9-15-11-23-8-6-19-15/h1-5,7,10,15,17,19H,6,8-9,11H2,(H,20,21). The number of thiophene rings is 1. The Morgan fingerprint density at radius 2 is 2.13 bits per heavy atom. The first-order valence-electron chi connectivity index (χ1n) is 7.60. The fraction of sp³-hybridized carbons (Fsp3) is 0.353. The van der Waals surface area contributed by atoms with Gasteiger partial charge in [-0.3, -0.25) is 4.79 Å². The van der Waals surface area contributed by atoms with Crippen molar-refractivity contribution in [3.8, 4) is 0 Å². The van der Waals surface area contributed by atoms with Crippen LogP contribution in [0.3, 0.4) is 0 Å². The summed E-state index contributed by atoms with van der Waals surface area (Å²) >= 11 is 9.52. The van der Waals surface area contributed by atoms with E-state index < -0.39 is 0 Å². The molecule has 1 fully saturated rings. The summed E-state index contributed by atoms with van der Waals surface area (Å²) in [6.07, 6.45) is 0.515. The van der Waals surface area contributed by atoms with E-state index in [1.54, 1.807) is 11.3 Å². The molecular weight excluding hydrogens is 348 g/mol. The van der Waals surface area contributed by atoms with Gasteiger partial charge < -0.3 is 10.6 Å². The van der Waals surface area contributed by atoms with Gasteiger partial charge in [0.15, 0.2) is 0 Å². The van der Waals surface area contributed by atoms with E-state index in [0.29, 0.717) is 11.4 Å². The zero-order valence-corrected chi connectivity index (χ0v) is 15.0. The minimum absolute atomic E-state index is 0.0798. The van der Waals surface area contributed by atoms with Gasteiger partial charge in [-0.25, -0.2) is 0 Å². The highest BCUT2D eigenvalue weighted by Gasteiger charge is 2.21. The fourth-order valence-corrected chi connectivity index (χ4v) is 4.41. The topological polar surface area (TPSA) is 41.1 Å². The number of hydrogen-bond donors (Lipinski definition) is 2. The van der Waals surface area contributed by atoms with Gasteiger partial charge in [0.05, 0.1) is 6.04 Å². The van der Waals surface area contributed by atoms with Crippen LogP contribution < -0.4 is 10.6 Å². The van der Waals surface area contributed by atoms with Crippen LogP contribution in [0.25, 0.3) is 0 Å². The van der Waals surface area contributed by atoms with Crippen molar-refractivity contribution in [3.05, 3.63) is 57.2 Å². The summed E-state index contributed by atoms with van der Waals surface area (Å²) in [7, 11) is 0. The van der Waals surface area contributed by atoms with Gasteiger partial charge in [0.2, 0.25) is 5.91 Å². The molecule has 0 spiro atoms. The molecule has 2 unspecified atom stereocenters. The number of thioether (sulfide) groups is 1. The molecule has 1 aromatic heterocycles. The number of carbonyl (C=O) groups is 1. The van der Waals surface area contributed by atoms with Crippen molar-refractivity contribution >= 4 is 40.6 Å². The number of rotatable bonds is 5. The molecule has 0 saturated carbocycles. The summed E-state index contributed by atoms with van der Waals surface area (Å²) in [5.41, 5.74) is 2.16. The van der Waals surface area contributed by atoms with Crippen LogP contribution in [-0.2, 0) is 4.79 Å². The molecule has 2 atom stereocenters. The molecule has 1 aromatic carbocycles. The molecule has 2 N–H and O–H groups in total. The Balaban J connectivity index is 1.71. The summed E-state index contributed by atoms with van der Waals surface area (Å²) < 4.78 is 0. The van der Waals surface area contributed by atoms with Crippen LogP contribution in [-0.4, -0.2) is 30.0 Å². The second kappa shape index (κ2) is 8.20. The van der Waals surface area contributed by atoms with Crippen LogP contribution in [0, 0.1) is 0 Å². The molecule has 1 saturated heterocycles. The lowest BCUT2D eigenvalue weighted by atomic mass is 10.0. The first-order valence-corrected chi connectivity index (χ1v) is 10.1. The Kier molecular flexibility index (Phi) is 6.00. The van der Waals surface area contributed by atoms with Crippen molar-refractivity contribution in [3.63, 3.8) is 0 Å². The molecule has 3 rings (SSSR count). The molecule has 1 aliphatic rings. The molecule has 1 aliphatic heterocycles. The maximum Gasteiger partial charge on any atom is 0.222 e. The molecule has 23 heavy (non-hydrogen) atoms. The van der Waals surface area contributed by atoms with Crippen LogP contribution in [0.5, 0.6) is 0 Å². The van der Waals surface area contributed by atoms with Crippen molar-refractivity contribution in [1.29, 1.82) is 0 Å². The zero-order chi connectivity index (χ0) is 16.1. The van der Waals surface area contributed by atoms with Gasteiger partial charge in [-0.1, -0.05) is 23.7 Å². The van der Waals surface area contributed by atoms with E-state index in [-0.39, 0.29) is 18.0 Å². The highest BCUT2D eigenvalue weighted by atomic mass is 35.5. The average Bonchev–Trinajstić information content (AvgIpc) is 3.09. The molecule has 3 nitrogen and oxygen atoms in total. The van der Waals surface area contributed by atoms with E-state index in [4.69, 9.17) is 11.6 Å². The number of nitrogens with one attached hydrogen (secondary N) is 2. The number of hydrogen-bond acceptors (Lipinski definition) is 4. The molecule has 0 radical (unpaired) electrons. The molecule has 0 bridgehead atoms. The zero-order valence-electron chi connectivity index (χ0n) is 12.6. The Hall–Kier alpha value is -1.01. The maximum atomic E-state index is 12.5. The Bertz CT molecular complexity index is 625. The maximum absolute atomic E-state index is 12.5. The van der Waals surface area contributed by atoms with Gasteiger partial charge in [0.25, 0.3) is 0 Å². The summed E-state index contributed by atoms with van der Waals surface area (Å²) in [5, 5.41) is 11.4. The highest BCUT2D eigenvalue weighted by Crippen LogP contribution is 2.25. The normalized spacial score (nSPS) is 19.3. The smallest absolute Gasteiger partial charge is 0.222 e. The molecule has 6 heteroatoms. The lowest BCUT2D eigenvalue weighted by molar-refractivity contribution is -0.122. The molecular formula is C17H19ClN2OS2. The summed E-state index contributed by atoms with van der Waals surface area (Å²) in [6, 6.07) is 9.87. The van der Waals surface area contributed by atoms with Crippen LogP contribution >= 0.6 is 34.7 Å². The van der Waals surface area contributed by atoms with Crippen LogP contribution in [0.1, 0.15) is 23.6 Å². The van der Waals surface area contributed by atoms with Crippen LogP contribution in [0.2, 0.25) is 5.02 Å². The van der Waals surface area contributed by atoms with Crippen molar-refractivity contribution in [1.82, 2.24) is 10.6 Å². The number of amides is 1. The van der Waals surface area contributed by atoms with Crippen molar-refractivity contribution in [2.45, 2.75) is 18.5 Å². The quantitative estimate of drug-likeness (QED) is 0.847. The SMILES string of the molecule is O=C(CC1CSCCN1)NC(c1ccc(Cl)cc1)c1ccsc1. The van der Waals surface area contributed by atoms with E-state index >= 15 is 0 Å². The van der Waals surface area contributed by atoms with Gasteiger partial charge in [-0.15, -0.1) is 0 Å². The summed E-state index contributed by atoms with van der Waals surface area (Å²) in [6.45, 7) is 0.980. The molecule has 2 aromatic rings. The fourth-order valence-electron chi connectivity index (χ4n) is 2.65. The average molecular weight is 367 g/mol. The van der Waals surface area contributed by atoms with E-state index in [0.717, 1.165) is 29.2 Å². The van der Waals surface area contributed by atoms with Crippen LogP contribution in [0.4, 0.5) is 0 Å². The second-order valence-corrected chi connectivity index (χ2v) is 7.91. The Morgan fingerprint density at radius 3 is 2.78 bits per heavy atom. The van der Waals surface area contributed by atoms with Gasteiger partial charge in [-0.05, 0) is 40.1 Å². The Morgan fingerprint density at radius 1 is 1.30 bits per heavy atom. The monoisotopic (exact) mass is 366 g/mol. The molecule has 0 aliphatic carbocycles. The first-order chi connectivity index (χ1) is 11.2. The van der Waals surface area contributed by atoms with E-state index in [2.05, 4.69) is 22.1 Å². The van der Waals surface area contributed by atoms with Gasteiger partial charge >= 0.3 is 0 Å². The minimum Gasteiger partial charge on any atom is -0.345 e. The predicted octanol–water partition coefficient (Wildman–Crippen LogP) is 3.70. The van der Waals surface area contributed by atoms with E-state index in [1.807, 2.05) is 41.4 Å². The lowest BCUT2D eigenvalue weighted by Crippen LogP contribution is -2.42. The van der Waals surface area contributed by atoms with Crippen LogP contribution in [0.15, 0.2) is 41.1 Å². The van der Waals surface area contributed by atoms with Crippen molar-refractivity contribution in [2.24, 2.45) is 0 Å².